The van der Waals surface area contributed by atoms with Crippen molar-refractivity contribution in [3.63, 3.8) is 0 Å². The third-order valence-corrected chi connectivity index (χ3v) is 3.24. The summed E-state index contributed by atoms with van der Waals surface area (Å²) >= 11 is 0. The summed E-state index contributed by atoms with van der Waals surface area (Å²) in [5.74, 6) is -0.508. The number of aromatic hydroxyl groups is 1. The first-order valence-electron chi connectivity index (χ1n) is 6.81. The van der Waals surface area contributed by atoms with Gasteiger partial charge in [-0.05, 0) is 19.2 Å². The lowest BCUT2D eigenvalue weighted by atomic mass is 10.2. The Hall–Kier alpha value is -2.54. The van der Waals surface area contributed by atoms with Crippen molar-refractivity contribution < 1.29 is 19.4 Å². The molecule has 0 aromatic carbocycles. The van der Waals surface area contributed by atoms with E-state index in [2.05, 4.69) is 0 Å². The highest BCUT2D eigenvalue weighted by Crippen LogP contribution is 2.11. The molecule has 0 saturated carbocycles. The quantitative estimate of drug-likeness (QED) is 0.795. The minimum atomic E-state index is -0.870. The molecule has 0 aliphatic rings. The number of carbonyl (C=O) groups is 1. The summed E-state index contributed by atoms with van der Waals surface area (Å²) in [5.41, 5.74) is 0.212. The Morgan fingerprint density at radius 2 is 2.23 bits per heavy atom. The van der Waals surface area contributed by atoms with Gasteiger partial charge >= 0.3 is 5.97 Å². The van der Waals surface area contributed by atoms with Crippen LogP contribution in [0.3, 0.4) is 0 Å². The Morgan fingerprint density at radius 1 is 1.45 bits per heavy atom. The van der Waals surface area contributed by atoms with Gasteiger partial charge in [-0.2, -0.15) is 0 Å². The molecular formula is C15H18N2O5. The van der Waals surface area contributed by atoms with Crippen molar-refractivity contribution in [3.05, 3.63) is 52.3 Å². The smallest absolute Gasteiger partial charge is 0.304 e. The molecule has 2 aromatic heterocycles. The molecular weight excluding hydrogens is 288 g/mol. The largest absolute Gasteiger partial charge is 0.503 e. The molecule has 2 N–H and O–H groups in total. The van der Waals surface area contributed by atoms with Crippen LogP contribution < -0.4 is 5.43 Å². The van der Waals surface area contributed by atoms with Crippen molar-refractivity contribution in [1.82, 2.24) is 9.47 Å². The highest BCUT2D eigenvalue weighted by Gasteiger charge is 2.11. The molecule has 0 amide bonds. The fourth-order valence-corrected chi connectivity index (χ4v) is 2.10. The number of carboxylic acids is 1. The van der Waals surface area contributed by atoms with Crippen LogP contribution in [0.15, 0.2) is 39.9 Å². The van der Waals surface area contributed by atoms with Crippen LogP contribution in [-0.2, 0) is 17.9 Å². The number of hydrogen-bond acceptors (Lipinski definition) is 5. The predicted octanol–water partition coefficient (Wildman–Crippen LogP) is 1.10. The van der Waals surface area contributed by atoms with E-state index in [4.69, 9.17) is 9.52 Å². The number of nitrogens with zero attached hydrogens (tertiary/aromatic N) is 2. The summed E-state index contributed by atoms with van der Waals surface area (Å²) < 4.78 is 6.99. The molecule has 22 heavy (non-hydrogen) atoms. The zero-order chi connectivity index (χ0) is 16.1. The summed E-state index contributed by atoms with van der Waals surface area (Å²) in [4.78, 5) is 24.1. The molecule has 0 aliphatic carbocycles. The molecule has 0 fully saturated rings. The summed E-state index contributed by atoms with van der Waals surface area (Å²) in [6, 6.07) is 4.92. The fraction of sp³-hybridized carbons (Fsp3) is 0.333. The van der Waals surface area contributed by atoms with Crippen LogP contribution in [0.4, 0.5) is 0 Å². The molecule has 2 aromatic rings. The SMILES string of the molecule is CN(CCC(=O)O)Cc1cc(=O)c(O)cn1Cc1ccco1. The molecule has 7 nitrogen and oxygen atoms in total. The highest BCUT2D eigenvalue weighted by molar-refractivity contribution is 5.66. The average Bonchev–Trinajstić information content (AvgIpc) is 2.95. The molecule has 0 radical (unpaired) electrons. The number of carboxylic acid groups (broad SMARTS) is 1. The van der Waals surface area contributed by atoms with Crippen LogP contribution >= 0.6 is 0 Å². The number of aromatic nitrogens is 1. The molecule has 2 rings (SSSR count). The van der Waals surface area contributed by atoms with Crippen LogP contribution in [0.1, 0.15) is 17.9 Å². The van der Waals surface area contributed by atoms with Gasteiger partial charge in [-0.1, -0.05) is 0 Å². The van der Waals surface area contributed by atoms with E-state index in [0.29, 0.717) is 31.1 Å². The number of rotatable bonds is 7. The first kappa shape index (κ1) is 15.8. The number of furan rings is 1. The van der Waals surface area contributed by atoms with E-state index in [0.717, 1.165) is 0 Å². The van der Waals surface area contributed by atoms with Gasteiger partial charge in [0.05, 0.1) is 25.4 Å². The van der Waals surface area contributed by atoms with Crippen molar-refractivity contribution in [2.75, 3.05) is 13.6 Å². The fourth-order valence-electron chi connectivity index (χ4n) is 2.10. The molecule has 2 heterocycles. The van der Waals surface area contributed by atoms with Crippen molar-refractivity contribution in [3.8, 4) is 5.75 Å². The number of hydrogen-bond donors (Lipinski definition) is 2. The molecule has 7 heteroatoms. The van der Waals surface area contributed by atoms with E-state index in [1.165, 1.54) is 12.3 Å². The van der Waals surface area contributed by atoms with E-state index in [1.54, 1.807) is 34.9 Å². The Kier molecular flexibility index (Phi) is 5.00. The topological polar surface area (TPSA) is 95.9 Å². The van der Waals surface area contributed by atoms with Crippen LogP contribution in [0, 0.1) is 0 Å². The van der Waals surface area contributed by atoms with Gasteiger partial charge in [0.15, 0.2) is 5.75 Å². The zero-order valence-corrected chi connectivity index (χ0v) is 12.2. The molecule has 0 spiro atoms. The molecule has 118 valence electrons. The van der Waals surface area contributed by atoms with E-state index >= 15 is 0 Å². The maximum absolute atomic E-state index is 11.6. The lowest BCUT2D eigenvalue weighted by Gasteiger charge is -2.19. The monoisotopic (exact) mass is 306 g/mol. The standard InChI is InChI=1S/C15H18N2O5/c1-16(5-4-15(20)21)8-11-7-13(18)14(19)10-17(11)9-12-3-2-6-22-12/h2-3,6-7,10,19H,4-5,8-9H2,1H3,(H,20,21). The summed E-state index contributed by atoms with van der Waals surface area (Å²) in [6.45, 7) is 1.14. The average molecular weight is 306 g/mol. The Labute approximate surface area is 127 Å². The Bertz CT molecular complexity index is 690. The van der Waals surface area contributed by atoms with E-state index in [1.807, 2.05) is 0 Å². The second kappa shape index (κ2) is 6.95. The molecule has 0 bridgehead atoms. The van der Waals surface area contributed by atoms with Gasteiger partial charge in [0, 0.05) is 24.8 Å². The summed E-state index contributed by atoms with van der Waals surface area (Å²) in [5, 5.41) is 18.3. The van der Waals surface area contributed by atoms with Crippen molar-refractivity contribution in [2.24, 2.45) is 0 Å². The first-order valence-corrected chi connectivity index (χ1v) is 6.81. The van der Waals surface area contributed by atoms with Gasteiger partial charge in [0.25, 0.3) is 0 Å². The highest BCUT2D eigenvalue weighted by atomic mass is 16.4. The van der Waals surface area contributed by atoms with Crippen LogP contribution in [-0.4, -0.2) is 39.2 Å². The zero-order valence-electron chi connectivity index (χ0n) is 12.2. The van der Waals surface area contributed by atoms with Crippen molar-refractivity contribution in [1.29, 1.82) is 0 Å². The van der Waals surface area contributed by atoms with E-state index in [-0.39, 0.29) is 12.2 Å². The molecule has 0 aliphatic heterocycles. The van der Waals surface area contributed by atoms with Crippen molar-refractivity contribution >= 4 is 5.97 Å². The van der Waals surface area contributed by atoms with Crippen LogP contribution in [0.25, 0.3) is 0 Å². The number of aliphatic carboxylic acids is 1. The second-order valence-corrected chi connectivity index (χ2v) is 5.10. The van der Waals surface area contributed by atoms with Crippen LogP contribution in [0.5, 0.6) is 5.75 Å². The van der Waals surface area contributed by atoms with Crippen LogP contribution in [0.2, 0.25) is 0 Å². The van der Waals surface area contributed by atoms with Gasteiger partial charge in [0.1, 0.15) is 5.76 Å². The van der Waals surface area contributed by atoms with Gasteiger partial charge in [-0.3, -0.25) is 9.59 Å². The molecule has 0 atom stereocenters. The first-order chi connectivity index (χ1) is 10.5. The lowest BCUT2D eigenvalue weighted by Crippen LogP contribution is -2.25. The van der Waals surface area contributed by atoms with E-state index in [9.17, 15) is 14.7 Å². The van der Waals surface area contributed by atoms with E-state index < -0.39 is 11.4 Å². The van der Waals surface area contributed by atoms with Gasteiger partial charge in [-0.15, -0.1) is 0 Å². The summed E-state index contributed by atoms with van der Waals surface area (Å²) in [7, 11) is 1.78. The number of pyridine rings is 1. The Balaban J connectivity index is 2.19. The predicted molar refractivity (Wildman–Crippen MR) is 78.8 cm³/mol. The normalized spacial score (nSPS) is 11.0. The van der Waals surface area contributed by atoms with Gasteiger partial charge in [0.2, 0.25) is 5.43 Å². The lowest BCUT2D eigenvalue weighted by molar-refractivity contribution is -0.137. The Morgan fingerprint density at radius 3 is 2.86 bits per heavy atom. The molecule has 0 saturated heterocycles. The van der Waals surface area contributed by atoms with Gasteiger partial charge < -0.3 is 24.1 Å². The van der Waals surface area contributed by atoms with Crippen molar-refractivity contribution in [2.45, 2.75) is 19.5 Å². The third kappa shape index (κ3) is 4.23. The maximum Gasteiger partial charge on any atom is 0.304 e. The minimum Gasteiger partial charge on any atom is -0.503 e. The minimum absolute atomic E-state index is 0.0248. The second-order valence-electron chi connectivity index (χ2n) is 5.10. The van der Waals surface area contributed by atoms with Gasteiger partial charge in [-0.25, -0.2) is 0 Å². The maximum atomic E-state index is 11.6. The third-order valence-electron chi connectivity index (χ3n) is 3.24. The summed E-state index contributed by atoms with van der Waals surface area (Å²) in [6.07, 6.45) is 2.94. The molecule has 0 unspecified atom stereocenters.